The van der Waals surface area contributed by atoms with Crippen LogP contribution in [0.1, 0.15) is 393 Å². The van der Waals surface area contributed by atoms with Crippen molar-refractivity contribution < 1.29 is 24.5 Å². The second-order valence-corrected chi connectivity index (χ2v) is 24.2. The number of rotatable bonds is 66. The molecule has 77 heavy (non-hydrogen) atoms. The third-order valence-corrected chi connectivity index (χ3v) is 16.5. The first-order chi connectivity index (χ1) is 38.0. The van der Waals surface area contributed by atoms with Gasteiger partial charge in [-0.3, -0.25) is 9.59 Å². The number of ether oxygens (including phenoxy) is 1. The second-order valence-electron chi connectivity index (χ2n) is 24.2. The number of aliphatic hydroxyl groups excluding tert-OH is 2. The fraction of sp³-hybridized carbons (Fsp3) is 0.915. The fourth-order valence-electron chi connectivity index (χ4n) is 11.1. The normalized spacial score (nSPS) is 12.6. The molecule has 0 aliphatic rings. The Morgan fingerprint density at radius 3 is 0.987 bits per heavy atom. The number of unbranched alkanes of at least 4 members (excludes halogenated alkanes) is 51. The third kappa shape index (κ3) is 63.4. The predicted octanol–water partition coefficient (Wildman–Crippen LogP) is 22.5. The molecule has 0 aromatic carbocycles. The van der Waals surface area contributed by atoms with Gasteiger partial charge in [0.05, 0.1) is 25.4 Å². The molecule has 0 rings (SSSR count). The molecule has 2 unspecified atom stereocenters. The Bertz CT molecular complexity index is 1200. The quantitative estimate of drug-likeness (QED) is 0.0320. The van der Waals surface area contributed by atoms with Crippen LogP contribution in [0.4, 0.5) is 0 Å². The molecule has 456 valence electrons. The standard InChI is InChI=1S/C71H137NO5/c1-3-5-7-9-11-13-44-49-53-57-61-65-71(76)77-66-62-58-54-50-46-43-41-39-37-35-33-31-29-27-25-23-21-19-17-15-16-18-20-22-24-26-28-30-32-34-36-38-40-42-45-48-52-56-60-64-70(75)72-68(67-73)69(74)63-59-55-51-47-14-12-10-8-6-4-2/h15-16,19,21,68-69,73-74H,3-14,17-18,20,22-67H2,1-2H3,(H,72,75)/b16-15-,21-19-. The summed E-state index contributed by atoms with van der Waals surface area (Å²) in [6.07, 6.45) is 84.0. The van der Waals surface area contributed by atoms with Gasteiger partial charge in [0.2, 0.25) is 5.91 Å². The van der Waals surface area contributed by atoms with Crippen LogP contribution in [-0.2, 0) is 14.3 Å². The SMILES string of the molecule is CCCCCCCCCCCCCC(=O)OCCCCCCCCCCCCCCCCC/C=C\C/C=C\CCCCCCCCCCCCCCCCCCCC(=O)NC(CO)C(O)CCCCCCCCCCCC. The van der Waals surface area contributed by atoms with Gasteiger partial charge < -0.3 is 20.3 Å². The van der Waals surface area contributed by atoms with Crippen molar-refractivity contribution in [2.45, 2.75) is 405 Å². The molecular weight excluding hydrogens is 947 g/mol. The molecule has 6 nitrogen and oxygen atoms in total. The first-order valence-corrected chi connectivity index (χ1v) is 35.1. The summed E-state index contributed by atoms with van der Waals surface area (Å²) in [5, 5.41) is 23.2. The number of carbonyl (C=O) groups is 2. The largest absolute Gasteiger partial charge is 0.466 e. The number of hydrogen-bond donors (Lipinski definition) is 3. The van der Waals surface area contributed by atoms with Crippen molar-refractivity contribution >= 4 is 11.9 Å². The molecule has 0 aliphatic heterocycles. The van der Waals surface area contributed by atoms with E-state index < -0.39 is 12.1 Å². The smallest absolute Gasteiger partial charge is 0.305 e. The van der Waals surface area contributed by atoms with Crippen LogP contribution in [0.5, 0.6) is 0 Å². The van der Waals surface area contributed by atoms with Crippen molar-refractivity contribution in [3.8, 4) is 0 Å². The highest BCUT2D eigenvalue weighted by atomic mass is 16.5. The van der Waals surface area contributed by atoms with Crippen LogP contribution >= 0.6 is 0 Å². The van der Waals surface area contributed by atoms with E-state index in [0.29, 0.717) is 25.9 Å². The highest BCUT2D eigenvalue weighted by Gasteiger charge is 2.20. The van der Waals surface area contributed by atoms with Crippen LogP contribution in [-0.4, -0.2) is 47.4 Å². The topological polar surface area (TPSA) is 95.9 Å². The number of amides is 1. The van der Waals surface area contributed by atoms with Crippen LogP contribution in [0, 0.1) is 0 Å². The number of aliphatic hydroxyl groups is 2. The molecule has 0 aromatic heterocycles. The molecule has 0 heterocycles. The van der Waals surface area contributed by atoms with Crippen molar-refractivity contribution in [3.05, 3.63) is 24.3 Å². The Kier molecular flexibility index (Phi) is 65.4. The maximum atomic E-state index is 12.4. The second kappa shape index (κ2) is 66.8. The molecule has 0 bridgehead atoms. The molecule has 0 saturated heterocycles. The molecule has 0 saturated carbocycles. The monoisotopic (exact) mass is 1080 g/mol. The number of carbonyl (C=O) groups excluding carboxylic acids is 2. The lowest BCUT2D eigenvalue weighted by Gasteiger charge is -2.22. The van der Waals surface area contributed by atoms with E-state index >= 15 is 0 Å². The Morgan fingerprint density at radius 1 is 0.364 bits per heavy atom. The number of allylic oxidation sites excluding steroid dienone is 4. The Balaban J connectivity index is 3.32. The maximum absolute atomic E-state index is 12.4. The first-order valence-electron chi connectivity index (χ1n) is 35.1. The minimum absolute atomic E-state index is 0.0204. The summed E-state index contributed by atoms with van der Waals surface area (Å²) in [6, 6.07) is -0.537. The van der Waals surface area contributed by atoms with Crippen molar-refractivity contribution in [3.63, 3.8) is 0 Å². The van der Waals surface area contributed by atoms with Crippen molar-refractivity contribution in [1.82, 2.24) is 5.32 Å². The number of hydrogen-bond acceptors (Lipinski definition) is 5. The fourth-order valence-corrected chi connectivity index (χ4v) is 11.1. The van der Waals surface area contributed by atoms with Gasteiger partial charge in [-0.05, 0) is 57.8 Å². The van der Waals surface area contributed by atoms with Gasteiger partial charge in [0.1, 0.15) is 0 Å². The van der Waals surface area contributed by atoms with Gasteiger partial charge in [-0.25, -0.2) is 0 Å². The van der Waals surface area contributed by atoms with Crippen LogP contribution in [0.3, 0.4) is 0 Å². The third-order valence-electron chi connectivity index (χ3n) is 16.5. The van der Waals surface area contributed by atoms with E-state index in [1.165, 1.54) is 315 Å². The van der Waals surface area contributed by atoms with E-state index in [1.54, 1.807) is 0 Å². The van der Waals surface area contributed by atoms with Gasteiger partial charge in [-0.2, -0.15) is 0 Å². The zero-order valence-corrected chi connectivity index (χ0v) is 52.2. The van der Waals surface area contributed by atoms with Crippen LogP contribution in [0.25, 0.3) is 0 Å². The predicted molar refractivity (Wildman–Crippen MR) is 338 cm³/mol. The summed E-state index contributed by atoms with van der Waals surface area (Å²) in [6.45, 7) is 4.96. The lowest BCUT2D eigenvalue weighted by molar-refractivity contribution is -0.143. The molecule has 0 aromatic rings. The Hall–Kier alpha value is -1.66. The molecule has 6 heteroatoms. The summed E-state index contributed by atoms with van der Waals surface area (Å²) in [4.78, 5) is 24.5. The molecule has 3 N–H and O–H groups in total. The molecular formula is C71H137NO5. The van der Waals surface area contributed by atoms with Crippen molar-refractivity contribution in [2.24, 2.45) is 0 Å². The summed E-state index contributed by atoms with van der Waals surface area (Å²) >= 11 is 0. The Labute approximate surface area is 481 Å². The lowest BCUT2D eigenvalue weighted by Crippen LogP contribution is -2.45. The molecule has 0 spiro atoms. The van der Waals surface area contributed by atoms with Gasteiger partial charge in [-0.15, -0.1) is 0 Å². The van der Waals surface area contributed by atoms with Gasteiger partial charge in [-0.1, -0.05) is 346 Å². The van der Waals surface area contributed by atoms with E-state index in [1.807, 2.05) is 0 Å². The zero-order valence-electron chi connectivity index (χ0n) is 52.2. The zero-order chi connectivity index (χ0) is 55.7. The van der Waals surface area contributed by atoms with E-state index in [0.717, 1.165) is 44.9 Å². The average Bonchev–Trinajstić information content (AvgIpc) is 3.43. The van der Waals surface area contributed by atoms with Crippen LogP contribution in [0.2, 0.25) is 0 Å². The van der Waals surface area contributed by atoms with Crippen molar-refractivity contribution in [2.75, 3.05) is 13.2 Å². The van der Waals surface area contributed by atoms with Gasteiger partial charge in [0.25, 0.3) is 0 Å². The molecule has 0 fully saturated rings. The van der Waals surface area contributed by atoms with Crippen LogP contribution in [0.15, 0.2) is 24.3 Å². The molecule has 0 aliphatic carbocycles. The van der Waals surface area contributed by atoms with E-state index in [2.05, 4.69) is 43.5 Å². The van der Waals surface area contributed by atoms with E-state index in [-0.39, 0.29) is 18.5 Å². The average molecular weight is 1080 g/mol. The summed E-state index contributed by atoms with van der Waals surface area (Å²) < 4.78 is 5.48. The first kappa shape index (κ1) is 75.3. The highest BCUT2D eigenvalue weighted by molar-refractivity contribution is 5.76. The van der Waals surface area contributed by atoms with E-state index in [4.69, 9.17) is 4.74 Å². The molecule has 2 atom stereocenters. The lowest BCUT2D eigenvalue weighted by atomic mass is 10.0. The summed E-state index contributed by atoms with van der Waals surface area (Å²) in [5.41, 5.74) is 0. The molecule has 0 radical (unpaired) electrons. The minimum Gasteiger partial charge on any atom is -0.466 e. The van der Waals surface area contributed by atoms with Crippen molar-refractivity contribution in [1.29, 1.82) is 0 Å². The van der Waals surface area contributed by atoms with Crippen LogP contribution < -0.4 is 5.32 Å². The number of nitrogens with one attached hydrogen (secondary N) is 1. The number of esters is 1. The minimum atomic E-state index is -0.659. The summed E-state index contributed by atoms with van der Waals surface area (Å²) in [5.74, 6) is -0.0114. The van der Waals surface area contributed by atoms with Gasteiger partial charge in [0.15, 0.2) is 0 Å². The van der Waals surface area contributed by atoms with E-state index in [9.17, 15) is 19.8 Å². The summed E-state index contributed by atoms with van der Waals surface area (Å²) in [7, 11) is 0. The van der Waals surface area contributed by atoms with Gasteiger partial charge in [0, 0.05) is 12.8 Å². The highest BCUT2D eigenvalue weighted by Crippen LogP contribution is 2.19. The maximum Gasteiger partial charge on any atom is 0.305 e. The Morgan fingerprint density at radius 2 is 0.649 bits per heavy atom. The molecule has 1 amide bonds. The van der Waals surface area contributed by atoms with Gasteiger partial charge >= 0.3 is 5.97 Å².